The number of nitrogens with two attached hydrogens (primary N) is 1. The van der Waals surface area contributed by atoms with Crippen molar-refractivity contribution in [1.29, 1.82) is 0 Å². The predicted molar refractivity (Wildman–Crippen MR) is 68.9 cm³/mol. The van der Waals surface area contributed by atoms with Crippen LogP contribution in [0, 0.1) is 0 Å². The van der Waals surface area contributed by atoms with Crippen LogP contribution in [0.15, 0.2) is 41.1 Å². The zero-order valence-electron chi connectivity index (χ0n) is 9.38. The quantitative estimate of drug-likeness (QED) is 0.876. The van der Waals surface area contributed by atoms with Gasteiger partial charge in [-0.25, -0.2) is 4.79 Å². The van der Waals surface area contributed by atoms with Crippen LogP contribution in [-0.2, 0) is 10.3 Å². The van der Waals surface area contributed by atoms with Gasteiger partial charge in [-0.05, 0) is 40.4 Å². The largest absolute Gasteiger partial charge is 0.480 e. The van der Waals surface area contributed by atoms with Crippen LogP contribution in [-0.4, -0.2) is 11.1 Å². The molecule has 0 amide bonds. The molecule has 3 N–H and O–H groups in total. The zero-order chi connectivity index (χ0) is 12.5. The van der Waals surface area contributed by atoms with Gasteiger partial charge < -0.3 is 10.8 Å². The van der Waals surface area contributed by atoms with Gasteiger partial charge in [-0.1, -0.05) is 24.3 Å². The van der Waals surface area contributed by atoms with Crippen LogP contribution in [0.1, 0.15) is 12.5 Å². The second-order valence-corrected chi connectivity index (χ2v) is 4.88. The summed E-state index contributed by atoms with van der Waals surface area (Å²) in [5, 5.41) is 13.1. The van der Waals surface area contributed by atoms with Gasteiger partial charge in [0.1, 0.15) is 5.54 Å². The van der Waals surface area contributed by atoms with Gasteiger partial charge in [-0.2, -0.15) is 11.3 Å². The number of benzene rings is 1. The Morgan fingerprint density at radius 3 is 2.35 bits per heavy atom. The van der Waals surface area contributed by atoms with E-state index in [0.29, 0.717) is 5.56 Å². The highest BCUT2D eigenvalue weighted by atomic mass is 32.1. The lowest BCUT2D eigenvalue weighted by Gasteiger charge is -2.19. The van der Waals surface area contributed by atoms with Gasteiger partial charge in [-0.15, -0.1) is 0 Å². The molecule has 0 bridgehead atoms. The number of aliphatic carboxylic acids is 1. The molecule has 0 unspecified atom stereocenters. The standard InChI is InChI=1S/C13H13NO2S/c1-13(14,12(15)16)11-4-2-9(3-5-11)10-6-7-17-8-10/h2-8H,14H2,1H3,(H,15,16)/t13-/m0/s1. The van der Waals surface area contributed by atoms with Crippen LogP contribution in [0.5, 0.6) is 0 Å². The maximum atomic E-state index is 11.0. The number of carboxylic acid groups (broad SMARTS) is 1. The second-order valence-electron chi connectivity index (χ2n) is 4.10. The van der Waals surface area contributed by atoms with Gasteiger partial charge in [-0.3, -0.25) is 0 Å². The van der Waals surface area contributed by atoms with Crippen LogP contribution in [0.3, 0.4) is 0 Å². The van der Waals surface area contributed by atoms with Crippen molar-refractivity contribution in [2.45, 2.75) is 12.5 Å². The van der Waals surface area contributed by atoms with E-state index in [4.69, 9.17) is 10.8 Å². The van der Waals surface area contributed by atoms with E-state index in [1.165, 1.54) is 6.92 Å². The highest BCUT2D eigenvalue weighted by Crippen LogP contribution is 2.25. The summed E-state index contributed by atoms with van der Waals surface area (Å²) in [4.78, 5) is 11.0. The lowest BCUT2D eigenvalue weighted by Crippen LogP contribution is -2.41. The number of rotatable bonds is 3. The SMILES string of the molecule is C[C@@](N)(C(=O)O)c1ccc(-c2ccsc2)cc1. The molecule has 1 aromatic carbocycles. The highest BCUT2D eigenvalue weighted by molar-refractivity contribution is 7.08. The van der Waals surface area contributed by atoms with Crippen LogP contribution < -0.4 is 5.73 Å². The van der Waals surface area contributed by atoms with Crippen molar-refractivity contribution in [3.05, 3.63) is 46.7 Å². The number of hydrogen-bond donors (Lipinski definition) is 2. The molecule has 0 saturated heterocycles. The van der Waals surface area contributed by atoms with Gasteiger partial charge in [0, 0.05) is 0 Å². The summed E-state index contributed by atoms with van der Waals surface area (Å²) in [7, 11) is 0. The molecule has 0 radical (unpaired) electrons. The minimum absolute atomic E-state index is 0.601. The number of carboxylic acids is 1. The van der Waals surface area contributed by atoms with E-state index in [-0.39, 0.29) is 0 Å². The molecule has 2 rings (SSSR count). The fourth-order valence-electron chi connectivity index (χ4n) is 1.56. The molecule has 1 heterocycles. The zero-order valence-corrected chi connectivity index (χ0v) is 10.2. The number of thiophene rings is 1. The summed E-state index contributed by atoms with van der Waals surface area (Å²) < 4.78 is 0. The Bertz CT molecular complexity index is 515. The summed E-state index contributed by atoms with van der Waals surface area (Å²) in [5.41, 5.74) is 7.21. The van der Waals surface area contributed by atoms with Crippen molar-refractivity contribution in [2.24, 2.45) is 5.73 Å². The Balaban J connectivity index is 2.34. The molecule has 1 aromatic heterocycles. The van der Waals surface area contributed by atoms with Gasteiger partial charge >= 0.3 is 5.97 Å². The van der Waals surface area contributed by atoms with E-state index in [9.17, 15) is 4.79 Å². The normalized spacial score (nSPS) is 14.2. The molecule has 0 fully saturated rings. The second kappa shape index (κ2) is 4.31. The third kappa shape index (κ3) is 2.23. The molecular weight excluding hydrogens is 234 g/mol. The number of carbonyl (C=O) groups is 1. The van der Waals surface area contributed by atoms with Gasteiger partial charge in [0.2, 0.25) is 0 Å². The summed E-state index contributed by atoms with van der Waals surface area (Å²) in [5.74, 6) is -1.03. The first kappa shape index (κ1) is 11.8. The molecule has 17 heavy (non-hydrogen) atoms. The van der Waals surface area contributed by atoms with Gasteiger partial charge in [0.05, 0.1) is 0 Å². The fraction of sp³-hybridized carbons (Fsp3) is 0.154. The fourth-order valence-corrected chi connectivity index (χ4v) is 2.23. The van der Waals surface area contributed by atoms with Crippen LogP contribution in [0.2, 0.25) is 0 Å². The average Bonchev–Trinajstić information content (AvgIpc) is 2.82. The number of hydrogen-bond acceptors (Lipinski definition) is 3. The van der Waals surface area contributed by atoms with Crippen LogP contribution in [0.4, 0.5) is 0 Å². The molecule has 0 aliphatic heterocycles. The van der Waals surface area contributed by atoms with Crippen molar-refractivity contribution in [2.75, 3.05) is 0 Å². The molecule has 88 valence electrons. The minimum atomic E-state index is -1.34. The van der Waals surface area contributed by atoms with Gasteiger partial charge in [0.15, 0.2) is 0 Å². The van der Waals surface area contributed by atoms with Crippen molar-refractivity contribution in [1.82, 2.24) is 0 Å². The van der Waals surface area contributed by atoms with E-state index in [0.717, 1.165) is 11.1 Å². The van der Waals surface area contributed by atoms with E-state index in [2.05, 4.69) is 0 Å². The maximum absolute atomic E-state index is 11.0. The maximum Gasteiger partial charge on any atom is 0.328 e. The first-order valence-corrected chi connectivity index (χ1v) is 6.11. The van der Waals surface area contributed by atoms with E-state index in [1.54, 1.807) is 23.5 Å². The molecule has 0 aliphatic carbocycles. The van der Waals surface area contributed by atoms with Gasteiger partial charge in [0.25, 0.3) is 0 Å². The lowest BCUT2D eigenvalue weighted by atomic mass is 9.92. The van der Waals surface area contributed by atoms with Crippen molar-refractivity contribution >= 4 is 17.3 Å². The smallest absolute Gasteiger partial charge is 0.328 e. The molecule has 3 nitrogen and oxygen atoms in total. The highest BCUT2D eigenvalue weighted by Gasteiger charge is 2.29. The Morgan fingerprint density at radius 2 is 1.88 bits per heavy atom. The molecule has 0 aliphatic rings. The Kier molecular flexibility index (Phi) is 3.00. The average molecular weight is 247 g/mol. The summed E-state index contributed by atoms with van der Waals surface area (Å²) in [6.45, 7) is 1.49. The minimum Gasteiger partial charge on any atom is -0.480 e. The Hall–Kier alpha value is -1.65. The third-order valence-corrected chi connectivity index (χ3v) is 3.47. The Labute approximate surface area is 104 Å². The van der Waals surface area contributed by atoms with E-state index in [1.807, 2.05) is 29.0 Å². The summed E-state index contributed by atoms with van der Waals surface area (Å²) >= 11 is 1.63. The van der Waals surface area contributed by atoms with Crippen molar-refractivity contribution in [3.8, 4) is 11.1 Å². The third-order valence-electron chi connectivity index (χ3n) is 2.78. The first-order valence-electron chi connectivity index (χ1n) is 5.17. The molecule has 0 saturated carbocycles. The summed E-state index contributed by atoms with van der Waals surface area (Å²) in [6, 6.07) is 9.34. The van der Waals surface area contributed by atoms with E-state index < -0.39 is 11.5 Å². The lowest BCUT2D eigenvalue weighted by molar-refractivity contribution is -0.143. The van der Waals surface area contributed by atoms with E-state index >= 15 is 0 Å². The Morgan fingerprint density at radius 1 is 1.24 bits per heavy atom. The molecular formula is C13H13NO2S. The van der Waals surface area contributed by atoms with Crippen molar-refractivity contribution < 1.29 is 9.90 Å². The van der Waals surface area contributed by atoms with Crippen molar-refractivity contribution in [3.63, 3.8) is 0 Å². The monoisotopic (exact) mass is 247 g/mol. The topological polar surface area (TPSA) is 63.3 Å². The molecule has 4 heteroatoms. The molecule has 1 atom stereocenters. The summed E-state index contributed by atoms with van der Waals surface area (Å²) in [6.07, 6.45) is 0. The first-order chi connectivity index (χ1) is 8.01. The van der Waals surface area contributed by atoms with Crippen LogP contribution in [0.25, 0.3) is 11.1 Å². The molecule has 2 aromatic rings. The molecule has 0 spiro atoms. The van der Waals surface area contributed by atoms with Crippen LogP contribution >= 0.6 is 11.3 Å². The predicted octanol–water partition coefficient (Wildman–Crippen LogP) is 2.67.